The molecule has 0 heterocycles. The molecule has 0 saturated carbocycles. The first-order chi connectivity index (χ1) is 6.13. The molecule has 0 atom stereocenters. The minimum absolute atomic E-state index is 0.353. The Morgan fingerprint density at radius 1 is 1.46 bits per heavy atom. The smallest absolute Gasteiger partial charge is 0.308 e. The van der Waals surface area contributed by atoms with Crippen molar-refractivity contribution in [3.63, 3.8) is 0 Å². The maximum absolute atomic E-state index is 10.7. The zero-order valence-corrected chi connectivity index (χ0v) is 8.92. The molecular formula is C9H9BrO3. The van der Waals surface area contributed by atoms with Crippen LogP contribution in [0.1, 0.15) is 6.92 Å². The normalized spacial score (nSPS) is 9.46. The van der Waals surface area contributed by atoms with Gasteiger partial charge in [0.1, 0.15) is 11.5 Å². The number of methoxy groups -OCH3 is 1. The highest BCUT2D eigenvalue weighted by atomic mass is 79.9. The van der Waals surface area contributed by atoms with Crippen molar-refractivity contribution in [2.24, 2.45) is 0 Å². The molecule has 0 bridgehead atoms. The summed E-state index contributed by atoms with van der Waals surface area (Å²) in [4.78, 5) is 10.7. The van der Waals surface area contributed by atoms with Crippen molar-refractivity contribution in [1.82, 2.24) is 0 Å². The molecule has 1 aromatic rings. The van der Waals surface area contributed by atoms with E-state index in [2.05, 4.69) is 15.9 Å². The molecule has 0 unspecified atom stereocenters. The first-order valence-electron chi connectivity index (χ1n) is 3.65. The summed E-state index contributed by atoms with van der Waals surface area (Å²) in [6.07, 6.45) is 0. The standard InChI is InChI=1S/C9H9BrO3/c1-6(11)13-9-5-7(12-2)3-4-8(9)10/h3-5H,1-2H3. The molecular weight excluding hydrogens is 236 g/mol. The number of esters is 1. The number of hydrogen-bond acceptors (Lipinski definition) is 3. The van der Waals surface area contributed by atoms with Crippen molar-refractivity contribution in [2.45, 2.75) is 6.92 Å². The molecule has 0 aliphatic rings. The summed E-state index contributed by atoms with van der Waals surface area (Å²) in [5, 5.41) is 0. The number of hydrogen-bond donors (Lipinski definition) is 0. The Balaban J connectivity index is 2.96. The van der Waals surface area contributed by atoms with Gasteiger partial charge < -0.3 is 9.47 Å². The van der Waals surface area contributed by atoms with E-state index >= 15 is 0 Å². The number of carbonyl (C=O) groups excluding carboxylic acids is 1. The largest absolute Gasteiger partial charge is 0.497 e. The van der Waals surface area contributed by atoms with Crippen LogP contribution in [-0.4, -0.2) is 13.1 Å². The summed E-state index contributed by atoms with van der Waals surface area (Å²) in [5.41, 5.74) is 0. The third kappa shape index (κ3) is 2.73. The molecule has 0 N–H and O–H groups in total. The summed E-state index contributed by atoms with van der Waals surface area (Å²) in [6, 6.07) is 5.18. The highest BCUT2D eigenvalue weighted by Crippen LogP contribution is 2.29. The molecule has 0 amide bonds. The topological polar surface area (TPSA) is 35.5 Å². The fraction of sp³-hybridized carbons (Fsp3) is 0.222. The Kier molecular flexibility index (Phi) is 3.31. The molecule has 70 valence electrons. The first-order valence-corrected chi connectivity index (χ1v) is 4.44. The average Bonchev–Trinajstić information content (AvgIpc) is 2.08. The van der Waals surface area contributed by atoms with Crippen molar-refractivity contribution < 1.29 is 14.3 Å². The molecule has 0 spiro atoms. The molecule has 0 aliphatic carbocycles. The third-order valence-corrected chi connectivity index (χ3v) is 2.05. The zero-order chi connectivity index (χ0) is 9.84. The Hall–Kier alpha value is -1.03. The molecule has 3 nitrogen and oxygen atoms in total. The van der Waals surface area contributed by atoms with Crippen LogP contribution in [0.25, 0.3) is 0 Å². The number of halogens is 1. The fourth-order valence-corrected chi connectivity index (χ4v) is 1.17. The summed E-state index contributed by atoms with van der Waals surface area (Å²) in [6.45, 7) is 1.35. The van der Waals surface area contributed by atoms with Gasteiger partial charge in [-0.3, -0.25) is 4.79 Å². The summed E-state index contributed by atoms with van der Waals surface area (Å²) in [5.74, 6) is 0.764. The van der Waals surface area contributed by atoms with E-state index in [1.54, 1.807) is 25.3 Å². The molecule has 0 aliphatic heterocycles. The highest BCUT2D eigenvalue weighted by molar-refractivity contribution is 9.10. The molecule has 0 aromatic heterocycles. The maximum atomic E-state index is 10.7. The van der Waals surface area contributed by atoms with E-state index in [9.17, 15) is 4.79 Å². The number of rotatable bonds is 2. The van der Waals surface area contributed by atoms with Crippen molar-refractivity contribution in [3.05, 3.63) is 22.7 Å². The molecule has 1 rings (SSSR count). The van der Waals surface area contributed by atoms with Crippen LogP contribution in [0.3, 0.4) is 0 Å². The Labute approximate surface area is 84.8 Å². The monoisotopic (exact) mass is 244 g/mol. The van der Waals surface area contributed by atoms with Gasteiger partial charge in [0.15, 0.2) is 0 Å². The molecule has 1 aromatic carbocycles. The van der Waals surface area contributed by atoms with Gasteiger partial charge in [-0.25, -0.2) is 0 Å². The van der Waals surface area contributed by atoms with Gasteiger partial charge in [0.2, 0.25) is 0 Å². The highest BCUT2D eigenvalue weighted by Gasteiger charge is 2.05. The second kappa shape index (κ2) is 4.28. The minimum atomic E-state index is -0.353. The number of benzene rings is 1. The zero-order valence-electron chi connectivity index (χ0n) is 7.33. The lowest BCUT2D eigenvalue weighted by Gasteiger charge is -2.05. The van der Waals surface area contributed by atoms with Gasteiger partial charge in [0.05, 0.1) is 11.6 Å². The van der Waals surface area contributed by atoms with Gasteiger partial charge in [-0.2, -0.15) is 0 Å². The van der Waals surface area contributed by atoms with E-state index in [0.29, 0.717) is 11.5 Å². The molecule has 13 heavy (non-hydrogen) atoms. The van der Waals surface area contributed by atoms with Crippen molar-refractivity contribution in [1.29, 1.82) is 0 Å². The van der Waals surface area contributed by atoms with E-state index in [-0.39, 0.29) is 5.97 Å². The first kappa shape index (κ1) is 10.1. The molecule has 0 saturated heterocycles. The van der Waals surface area contributed by atoms with Crippen LogP contribution < -0.4 is 9.47 Å². The lowest BCUT2D eigenvalue weighted by Crippen LogP contribution is -2.02. The van der Waals surface area contributed by atoms with Crippen molar-refractivity contribution in [3.8, 4) is 11.5 Å². The van der Waals surface area contributed by atoms with E-state index in [1.807, 2.05) is 0 Å². The van der Waals surface area contributed by atoms with Gasteiger partial charge >= 0.3 is 5.97 Å². The van der Waals surface area contributed by atoms with Gasteiger partial charge in [-0.05, 0) is 28.1 Å². The quantitative estimate of drug-likeness (QED) is 0.592. The van der Waals surface area contributed by atoms with E-state index in [0.717, 1.165) is 4.47 Å². The second-order valence-corrected chi connectivity index (χ2v) is 3.24. The molecule has 0 fully saturated rings. The predicted molar refractivity (Wildman–Crippen MR) is 52.0 cm³/mol. The summed E-state index contributed by atoms with van der Waals surface area (Å²) >= 11 is 3.26. The minimum Gasteiger partial charge on any atom is -0.497 e. The lowest BCUT2D eigenvalue weighted by molar-refractivity contribution is -0.131. The molecule has 0 radical (unpaired) electrons. The Bertz CT molecular complexity index is 323. The average molecular weight is 245 g/mol. The lowest BCUT2D eigenvalue weighted by atomic mass is 10.3. The number of carbonyl (C=O) groups is 1. The maximum Gasteiger partial charge on any atom is 0.308 e. The molecule has 4 heteroatoms. The van der Waals surface area contributed by atoms with Gasteiger partial charge in [0.25, 0.3) is 0 Å². The second-order valence-electron chi connectivity index (χ2n) is 2.39. The van der Waals surface area contributed by atoms with Crippen LogP contribution in [0, 0.1) is 0 Å². The third-order valence-electron chi connectivity index (χ3n) is 1.39. The summed E-state index contributed by atoms with van der Waals surface area (Å²) in [7, 11) is 1.56. The van der Waals surface area contributed by atoms with Crippen LogP contribution in [0.4, 0.5) is 0 Å². The summed E-state index contributed by atoms with van der Waals surface area (Å²) < 4.78 is 10.6. The SMILES string of the molecule is COc1ccc(Br)c(OC(C)=O)c1. The Morgan fingerprint density at radius 2 is 2.15 bits per heavy atom. The van der Waals surface area contributed by atoms with Crippen molar-refractivity contribution >= 4 is 21.9 Å². The van der Waals surface area contributed by atoms with Gasteiger partial charge in [0, 0.05) is 13.0 Å². The van der Waals surface area contributed by atoms with Crippen LogP contribution in [0.5, 0.6) is 11.5 Å². The van der Waals surface area contributed by atoms with Crippen molar-refractivity contribution in [2.75, 3.05) is 7.11 Å². The predicted octanol–water partition coefficient (Wildman–Crippen LogP) is 2.38. The van der Waals surface area contributed by atoms with E-state index in [4.69, 9.17) is 9.47 Å². The Morgan fingerprint density at radius 3 is 2.69 bits per heavy atom. The van der Waals surface area contributed by atoms with E-state index < -0.39 is 0 Å². The van der Waals surface area contributed by atoms with E-state index in [1.165, 1.54) is 6.92 Å². The van der Waals surface area contributed by atoms with Crippen LogP contribution in [-0.2, 0) is 4.79 Å². The van der Waals surface area contributed by atoms with Crippen LogP contribution in [0.2, 0.25) is 0 Å². The van der Waals surface area contributed by atoms with Crippen LogP contribution in [0.15, 0.2) is 22.7 Å². The number of ether oxygens (including phenoxy) is 2. The fourth-order valence-electron chi connectivity index (χ4n) is 0.844. The van der Waals surface area contributed by atoms with Crippen LogP contribution >= 0.6 is 15.9 Å². The van der Waals surface area contributed by atoms with Gasteiger partial charge in [-0.1, -0.05) is 0 Å². The van der Waals surface area contributed by atoms with Gasteiger partial charge in [-0.15, -0.1) is 0 Å².